The van der Waals surface area contributed by atoms with Crippen molar-refractivity contribution >= 4 is 39.3 Å². The van der Waals surface area contributed by atoms with Gasteiger partial charge in [0.15, 0.2) is 17.1 Å². The molecule has 0 aliphatic heterocycles. The van der Waals surface area contributed by atoms with Crippen LogP contribution in [0.25, 0.3) is 0 Å². The molecule has 0 aliphatic rings. The molecule has 3 aromatic rings. The van der Waals surface area contributed by atoms with Crippen molar-refractivity contribution in [2.45, 2.75) is 24.7 Å². The first-order chi connectivity index (χ1) is 14.1. The van der Waals surface area contributed by atoms with Crippen LogP contribution in [0, 0.1) is 0 Å². The number of allylic oxidation sites excluding steroid dienone is 1. The van der Waals surface area contributed by atoms with Crippen LogP contribution >= 0.6 is 27.7 Å². The first kappa shape index (κ1) is 21.1. The average molecular weight is 473 g/mol. The third-order valence-corrected chi connectivity index (χ3v) is 5.38. The zero-order chi connectivity index (χ0) is 20.6. The van der Waals surface area contributed by atoms with Crippen molar-refractivity contribution in [3.63, 3.8) is 0 Å². The average Bonchev–Trinajstić information content (AvgIpc) is 3.10. The molecule has 0 spiro atoms. The molecule has 1 amide bonds. The smallest absolute Gasteiger partial charge is 0.234 e. The number of benzene rings is 2. The summed E-state index contributed by atoms with van der Waals surface area (Å²) < 4.78 is 8.79. The van der Waals surface area contributed by atoms with Crippen LogP contribution in [-0.2, 0) is 11.3 Å². The number of hydrogen-bond donors (Lipinski definition) is 1. The Balaban J connectivity index is 1.66. The van der Waals surface area contributed by atoms with E-state index >= 15 is 0 Å². The molecule has 1 heterocycles. The Labute approximate surface area is 182 Å². The molecular formula is C21H21BrN4O2S. The molecular weight excluding hydrogens is 452 g/mol. The standard InChI is InChI=1S/C21H21BrN4O2S/c1-3-12-26-20(15(2)28-18-10-5-4-6-11-18)24-25-21(26)29-14-19(27)23-17-9-7-8-16(22)13-17/h3-11,13,15H,1,12,14H2,2H3,(H,23,27). The third kappa shape index (κ3) is 5.95. The number of hydrogen-bond acceptors (Lipinski definition) is 5. The summed E-state index contributed by atoms with van der Waals surface area (Å²) in [7, 11) is 0. The van der Waals surface area contributed by atoms with Crippen LogP contribution < -0.4 is 10.1 Å². The quantitative estimate of drug-likeness (QED) is 0.346. The highest BCUT2D eigenvalue weighted by Crippen LogP contribution is 2.25. The van der Waals surface area contributed by atoms with Crippen LogP contribution in [0.4, 0.5) is 5.69 Å². The first-order valence-electron chi connectivity index (χ1n) is 9.00. The van der Waals surface area contributed by atoms with E-state index in [0.29, 0.717) is 17.5 Å². The minimum atomic E-state index is -0.297. The van der Waals surface area contributed by atoms with E-state index in [2.05, 4.69) is 38.0 Å². The summed E-state index contributed by atoms with van der Waals surface area (Å²) in [5.74, 6) is 1.55. The fourth-order valence-electron chi connectivity index (χ4n) is 2.66. The van der Waals surface area contributed by atoms with E-state index in [9.17, 15) is 4.79 Å². The molecule has 2 aromatic carbocycles. The predicted octanol–water partition coefficient (Wildman–Crippen LogP) is 5.10. The van der Waals surface area contributed by atoms with Gasteiger partial charge < -0.3 is 10.1 Å². The molecule has 1 unspecified atom stereocenters. The molecule has 0 bridgehead atoms. The van der Waals surface area contributed by atoms with Gasteiger partial charge in [-0.1, -0.05) is 58.0 Å². The Morgan fingerprint density at radius 2 is 2.07 bits per heavy atom. The number of nitrogens with one attached hydrogen (secondary N) is 1. The van der Waals surface area contributed by atoms with E-state index in [1.165, 1.54) is 11.8 Å². The van der Waals surface area contributed by atoms with E-state index < -0.39 is 0 Å². The van der Waals surface area contributed by atoms with E-state index in [0.717, 1.165) is 15.9 Å². The Morgan fingerprint density at radius 3 is 2.79 bits per heavy atom. The van der Waals surface area contributed by atoms with E-state index in [1.807, 2.05) is 66.1 Å². The summed E-state index contributed by atoms with van der Waals surface area (Å²) in [6, 6.07) is 17.0. The summed E-state index contributed by atoms with van der Waals surface area (Å²) in [4.78, 5) is 12.3. The monoisotopic (exact) mass is 472 g/mol. The number of ether oxygens (including phenoxy) is 1. The fraction of sp³-hybridized carbons (Fsp3) is 0.190. The molecule has 6 nitrogen and oxygen atoms in total. The second-order valence-electron chi connectivity index (χ2n) is 6.16. The molecule has 150 valence electrons. The number of carbonyl (C=O) groups excluding carboxylic acids is 1. The Hall–Kier alpha value is -2.58. The first-order valence-corrected chi connectivity index (χ1v) is 10.8. The van der Waals surface area contributed by atoms with Crippen molar-refractivity contribution in [1.29, 1.82) is 0 Å². The molecule has 1 N–H and O–H groups in total. The van der Waals surface area contributed by atoms with Crippen molar-refractivity contribution < 1.29 is 9.53 Å². The van der Waals surface area contributed by atoms with Gasteiger partial charge >= 0.3 is 0 Å². The van der Waals surface area contributed by atoms with Crippen LogP contribution in [0.1, 0.15) is 18.9 Å². The molecule has 0 aliphatic carbocycles. The summed E-state index contributed by atoms with van der Waals surface area (Å²) >= 11 is 4.72. The van der Waals surface area contributed by atoms with Crippen molar-refractivity contribution in [2.24, 2.45) is 0 Å². The van der Waals surface area contributed by atoms with Crippen molar-refractivity contribution in [3.05, 3.63) is 77.5 Å². The van der Waals surface area contributed by atoms with Gasteiger partial charge in [0, 0.05) is 16.7 Å². The fourth-order valence-corrected chi connectivity index (χ4v) is 3.81. The molecule has 3 rings (SSSR count). The van der Waals surface area contributed by atoms with Gasteiger partial charge in [-0.25, -0.2) is 0 Å². The van der Waals surface area contributed by atoms with Gasteiger partial charge in [-0.15, -0.1) is 16.8 Å². The highest BCUT2D eigenvalue weighted by Gasteiger charge is 2.19. The van der Waals surface area contributed by atoms with Gasteiger partial charge in [-0.05, 0) is 37.3 Å². The number of anilines is 1. The molecule has 29 heavy (non-hydrogen) atoms. The number of carbonyl (C=O) groups is 1. The van der Waals surface area contributed by atoms with Gasteiger partial charge in [-0.2, -0.15) is 0 Å². The third-order valence-electron chi connectivity index (χ3n) is 3.92. The lowest BCUT2D eigenvalue weighted by Crippen LogP contribution is -2.15. The maximum absolute atomic E-state index is 12.3. The van der Waals surface area contributed by atoms with E-state index in [1.54, 1.807) is 6.08 Å². The van der Waals surface area contributed by atoms with Gasteiger partial charge in [0.05, 0.1) is 5.75 Å². The number of para-hydroxylation sites is 1. The second-order valence-corrected chi connectivity index (χ2v) is 8.02. The Morgan fingerprint density at radius 1 is 1.28 bits per heavy atom. The lowest BCUT2D eigenvalue weighted by molar-refractivity contribution is -0.113. The van der Waals surface area contributed by atoms with Crippen LogP contribution in [0.15, 0.2) is 76.9 Å². The minimum Gasteiger partial charge on any atom is -0.483 e. The largest absolute Gasteiger partial charge is 0.483 e. The molecule has 1 atom stereocenters. The highest BCUT2D eigenvalue weighted by molar-refractivity contribution is 9.10. The molecule has 8 heteroatoms. The molecule has 0 fully saturated rings. The number of aromatic nitrogens is 3. The minimum absolute atomic E-state index is 0.114. The number of halogens is 1. The van der Waals surface area contributed by atoms with Crippen LogP contribution in [0.3, 0.4) is 0 Å². The second kappa shape index (κ2) is 10.3. The summed E-state index contributed by atoms with van der Waals surface area (Å²) in [5, 5.41) is 12.1. The van der Waals surface area contributed by atoms with Gasteiger partial charge in [-0.3, -0.25) is 9.36 Å². The number of thioether (sulfide) groups is 1. The molecule has 1 aromatic heterocycles. The topological polar surface area (TPSA) is 69.0 Å². The zero-order valence-electron chi connectivity index (χ0n) is 15.9. The lowest BCUT2D eigenvalue weighted by Gasteiger charge is -2.15. The van der Waals surface area contributed by atoms with Crippen molar-refractivity contribution in [1.82, 2.24) is 14.8 Å². The summed E-state index contributed by atoms with van der Waals surface area (Å²) in [6.07, 6.45) is 1.47. The molecule has 0 radical (unpaired) electrons. The molecule has 0 saturated heterocycles. The normalized spacial score (nSPS) is 11.7. The number of rotatable bonds is 9. The van der Waals surface area contributed by atoms with E-state index in [-0.39, 0.29) is 17.8 Å². The Kier molecular flexibility index (Phi) is 7.48. The number of nitrogens with zero attached hydrogens (tertiary/aromatic N) is 3. The SMILES string of the molecule is C=CCn1c(SCC(=O)Nc2cccc(Br)c2)nnc1C(C)Oc1ccccc1. The van der Waals surface area contributed by atoms with Gasteiger partial charge in [0.25, 0.3) is 0 Å². The highest BCUT2D eigenvalue weighted by atomic mass is 79.9. The lowest BCUT2D eigenvalue weighted by atomic mass is 10.3. The summed E-state index contributed by atoms with van der Waals surface area (Å²) in [5.41, 5.74) is 0.739. The maximum Gasteiger partial charge on any atom is 0.234 e. The molecule has 0 saturated carbocycles. The Bertz CT molecular complexity index is 978. The van der Waals surface area contributed by atoms with Crippen LogP contribution in [0.2, 0.25) is 0 Å². The van der Waals surface area contributed by atoms with Crippen LogP contribution in [0.5, 0.6) is 5.75 Å². The van der Waals surface area contributed by atoms with E-state index in [4.69, 9.17) is 4.74 Å². The zero-order valence-corrected chi connectivity index (χ0v) is 18.3. The number of amides is 1. The van der Waals surface area contributed by atoms with Crippen molar-refractivity contribution in [2.75, 3.05) is 11.1 Å². The van der Waals surface area contributed by atoms with Gasteiger partial charge in [0.1, 0.15) is 5.75 Å². The predicted molar refractivity (Wildman–Crippen MR) is 119 cm³/mol. The van der Waals surface area contributed by atoms with Gasteiger partial charge in [0.2, 0.25) is 5.91 Å². The van der Waals surface area contributed by atoms with Crippen molar-refractivity contribution in [3.8, 4) is 5.75 Å². The maximum atomic E-state index is 12.3. The van der Waals surface area contributed by atoms with Crippen LogP contribution in [-0.4, -0.2) is 26.4 Å². The summed E-state index contributed by atoms with van der Waals surface area (Å²) in [6.45, 7) is 6.26.